The molecule has 0 bridgehead atoms. The number of nitrogens with one attached hydrogen (secondary N) is 2. The Morgan fingerprint density at radius 1 is 1.26 bits per heavy atom. The number of ether oxygens (including phenoxy) is 1. The number of amides is 2. The molecule has 202 valence electrons. The number of benzene rings is 1. The normalized spacial score (nSPS) is 15.1. The van der Waals surface area contributed by atoms with Gasteiger partial charge < -0.3 is 15.8 Å². The van der Waals surface area contributed by atoms with Crippen LogP contribution in [0.3, 0.4) is 0 Å². The lowest BCUT2D eigenvalue weighted by atomic mass is 9.93. The smallest absolute Gasteiger partial charge is 0.270 e. The summed E-state index contributed by atoms with van der Waals surface area (Å²) < 4.78 is 7.15. The van der Waals surface area contributed by atoms with Gasteiger partial charge in [0.05, 0.1) is 42.2 Å². The van der Waals surface area contributed by atoms with Gasteiger partial charge in [-0.25, -0.2) is 9.67 Å². The first-order chi connectivity index (χ1) is 18.7. The van der Waals surface area contributed by atoms with Crippen LogP contribution in [0.15, 0.2) is 82.9 Å². The highest BCUT2D eigenvalue weighted by Crippen LogP contribution is 2.22. The van der Waals surface area contributed by atoms with Gasteiger partial charge in [-0.1, -0.05) is 60.1 Å². The first kappa shape index (κ1) is 28.0. The second-order valence-electron chi connectivity index (χ2n) is 8.75. The van der Waals surface area contributed by atoms with Crippen LogP contribution >= 0.6 is 23.2 Å². The summed E-state index contributed by atoms with van der Waals surface area (Å²) in [7, 11) is 0. The SMILES string of the molecule is C=C(C(N)=O)C(NC(=O)c1cc(COCc2ccc(Cl)cc2)nn1-c1ncccc1Cl)C(C)/C=C1\CNN=N1. The molecule has 0 fully saturated rings. The molecule has 2 atom stereocenters. The van der Waals surface area contributed by atoms with Gasteiger partial charge in [-0.15, -0.1) is 5.11 Å². The summed E-state index contributed by atoms with van der Waals surface area (Å²) in [5.41, 5.74) is 10.5. The molecule has 3 aromatic rings. The molecule has 4 rings (SSSR count). The van der Waals surface area contributed by atoms with Gasteiger partial charge in [-0.3, -0.25) is 15.0 Å². The fraction of sp³-hybridized carbons (Fsp3) is 0.231. The van der Waals surface area contributed by atoms with E-state index in [9.17, 15) is 9.59 Å². The maximum absolute atomic E-state index is 13.6. The Morgan fingerprint density at radius 3 is 2.69 bits per heavy atom. The highest BCUT2D eigenvalue weighted by molar-refractivity contribution is 6.32. The summed E-state index contributed by atoms with van der Waals surface area (Å²) in [6.45, 7) is 6.46. The Balaban J connectivity index is 1.60. The minimum absolute atomic E-state index is 0.0315. The lowest BCUT2D eigenvalue weighted by Crippen LogP contribution is -2.44. The van der Waals surface area contributed by atoms with E-state index in [1.807, 2.05) is 19.1 Å². The molecule has 0 saturated carbocycles. The number of primary amides is 1. The number of nitrogens with zero attached hydrogens (tertiary/aromatic N) is 5. The van der Waals surface area contributed by atoms with Gasteiger partial charge in [-0.2, -0.15) is 5.10 Å². The molecule has 4 N–H and O–H groups in total. The molecule has 13 heteroatoms. The average Bonchev–Trinajstić information content (AvgIpc) is 3.58. The zero-order chi connectivity index (χ0) is 27.9. The maximum atomic E-state index is 13.6. The second-order valence-corrected chi connectivity index (χ2v) is 9.60. The number of carbonyl (C=O) groups excluding carboxylic acids is 2. The van der Waals surface area contributed by atoms with Crippen LogP contribution in [-0.2, 0) is 22.7 Å². The molecule has 0 spiro atoms. The van der Waals surface area contributed by atoms with Gasteiger partial charge in [0.2, 0.25) is 5.91 Å². The zero-order valence-electron chi connectivity index (χ0n) is 21.0. The summed E-state index contributed by atoms with van der Waals surface area (Å²) in [4.78, 5) is 29.9. The number of aromatic nitrogens is 3. The van der Waals surface area contributed by atoms with Crippen molar-refractivity contribution in [2.24, 2.45) is 22.0 Å². The zero-order valence-corrected chi connectivity index (χ0v) is 22.5. The molecule has 2 unspecified atom stereocenters. The van der Waals surface area contributed by atoms with Gasteiger partial charge in [0.15, 0.2) is 5.82 Å². The second kappa shape index (κ2) is 12.7. The Labute approximate surface area is 234 Å². The van der Waals surface area contributed by atoms with Crippen molar-refractivity contribution in [1.29, 1.82) is 0 Å². The molecule has 39 heavy (non-hydrogen) atoms. The van der Waals surface area contributed by atoms with Gasteiger partial charge in [0.1, 0.15) is 5.69 Å². The predicted molar refractivity (Wildman–Crippen MR) is 146 cm³/mol. The Hall–Kier alpha value is -4.06. The van der Waals surface area contributed by atoms with Crippen LogP contribution in [0.2, 0.25) is 10.0 Å². The summed E-state index contributed by atoms with van der Waals surface area (Å²) in [5, 5.41) is 16.0. The molecular formula is C26H26Cl2N8O3. The monoisotopic (exact) mass is 568 g/mol. The highest BCUT2D eigenvalue weighted by Gasteiger charge is 2.28. The average molecular weight is 569 g/mol. The van der Waals surface area contributed by atoms with Crippen LogP contribution in [-0.4, -0.2) is 39.2 Å². The molecule has 3 heterocycles. The van der Waals surface area contributed by atoms with E-state index in [0.29, 0.717) is 34.6 Å². The molecule has 0 saturated heterocycles. The lowest BCUT2D eigenvalue weighted by molar-refractivity contribution is -0.114. The summed E-state index contributed by atoms with van der Waals surface area (Å²) >= 11 is 12.3. The number of pyridine rings is 1. The van der Waals surface area contributed by atoms with E-state index in [1.54, 1.807) is 36.4 Å². The minimum atomic E-state index is -0.828. The van der Waals surface area contributed by atoms with E-state index in [1.165, 1.54) is 10.9 Å². The van der Waals surface area contributed by atoms with Gasteiger partial charge in [0, 0.05) is 22.7 Å². The van der Waals surface area contributed by atoms with Crippen LogP contribution in [0.25, 0.3) is 5.82 Å². The van der Waals surface area contributed by atoms with E-state index >= 15 is 0 Å². The van der Waals surface area contributed by atoms with Crippen molar-refractivity contribution in [1.82, 2.24) is 25.5 Å². The van der Waals surface area contributed by atoms with E-state index in [0.717, 1.165) is 5.56 Å². The number of hydrogen-bond donors (Lipinski definition) is 3. The predicted octanol–water partition coefficient (Wildman–Crippen LogP) is 3.92. The van der Waals surface area contributed by atoms with Crippen molar-refractivity contribution in [2.75, 3.05) is 6.54 Å². The molecule has 2 amide bonds. The van der Waals surface area contributed by atoms with Crippen molar-refractivity contribution in [3.8, 4) is 5.82 Å². The first-order valence-corrected chi connectivity index (χ1v) is 12.6. The maximum Gasteiger partial charge on any atom is 0.270 e. The van der Waals surface area contributed by atoms with E-state index in [4.69, 9.17) is 33.7 Å². The van der Waals surface area contributed by atoms with Crippen LogP contribution in [0.4, 0.5) is 0 Å². The lowest BCUT2D eigenvalue weighted by Gasteiger charge is -2.24. The number of carbonyl (C=O) groups is 2. The van der Waals surface area contributed by atoms with Crippen LogP contribution in [0.1, 0.15) is 28.7 Å². The molecule has 2 aromatic heterocycles. The van der Waals surface area contributed by atoms with Crippen LogP contribution in [0.5, 0.6) is 0 Å². The third kappa shape index (κ3) is 7.08. The minimum Gasteiger partial charge on any atom is -0.370 e. The fourth-order valence-corrected chi connectivity index (χ4v) is 4.19. The Kier molecular flexibility index (Phi) is 9.07. The van der Waals surface area contributed by atoms with E-state index < -0.39 is 17.9 Å². The highest BCUT2D eigenvalue weighted by atomic mass is 35.5. The van der Waals surface area contributed by atoms with E-state index in [2.05, 4.69) is 37.7 Å². The Bertz CT molecular complexity index is 1440. The number of rotatable bonds is 11. The molecular weight excluding hydrogens is 543 g/mol. The number of hydrogen-bond acceptors (Lipinski definition) is 8. The molecule has 0 radical (unpaired) electrons. The van der Waals surface area contributed by atoms with Crippen LogP contribution < -0.4 is 16.5 Å². The number of nitrogens with two attached hydrogens (primary N) is 1. The number of halogens is 2. The third-order valence-corrected chi connectivity index (χ3v) is 6.38. The van der Waals surface area contributed by atoms with Crippen LogP contribution in [0, 0.1) is 5.92 Å². The van der Waals surface area contributed by atoms with Gasteiger partial charge in [0.25, 0.3) is 5.91 Å². The van der Waals surface area contributed by atoms with E-state index in [-0.39, 0.29) is 29.6 Å². The first-order valence-electron chi connectivity index (χ1n) is 11.9. The summed E-state index contributed by atoms with van der Waals surface area (Å²) in [6.07, 6.45) is 3.32. The third-order valence-electron chi connectivity index (χ3n) is 5.83. The molecule has 1 aliphatic rings. The van der Waals surface area contributed by atoms with Crippen molar-refractivity contribution < 1.29 is 14.3 Å². The molecule has 0 aliphatic carbocycles. The largest absolute Gasteiger partial charge is 0.370 e. The summed E-state index contributed by atoms with van der Waals surface area (Å²) in [5.74, 6) is -1.42. The van der Waals surface area contributed by atoms with Crippen molar-refractivity contribution in [3.63, 3.8) is 0 Å². The molecule has 11 nitrogen and oxygen atoms in total. The fourth-order valence-electron chi connectivity index (χ4n) is 3.86. The standard InChI is InChI=1S/C26H26Cl2N8O3/c1-15(10-19-12-31-35-33-19)23(16(2)24(29)37)32-26(38)22-11-20(14-39-13-17-5-7-18(27)8-6-17)34-36(22)25-21(28)4-3-9-30-25/h3-11,15,23H,2,12-14H2,1H3,(H2,29,37)(H,31,33)(H,32,38)/b19-10+. The van der Waals surface area contributed by atoms with Crippen molar-refractivity contribution in [2.45, 2.75) is 26.2 Å². The van der Waals surface area contributed by atoms with Gasteiger partial charge in [-0.05, 0) is 35.9 Å². The van der Waals surface area contributed by atoms with Crippen molar-refractivity contribution in [3.05, 3.63) is 99.6 Å². The molecule has 1 aliphatic heterocycles. The van der Waals surface area contributed by atoms with Crippen molar-refractivity contribution >= 4 is 35.0 Å². The quantitative estimate of drug-likeness (QED) is 0.298. The topological polar surface area (TPSA) is 149 Å². The summed E-state index contributed by atoms with van der Waals surface area (Å²) in [6, 6.07) is 11.3. The Morgan fingerprint density at radius 2 is 2.03 bits per heavy atom. The molecule has 1 aromatic carbocycles. The van der Waals surface area contributed by atoms with Gasteiger partial charge >= 0.3 is 0 Å².